The Labute approximate surface area is 182 Å². The largest absolute Gasteiger partial charge is 0.495 e. The van der Waals surface area contributed by atoms with Crippen LogP contribution in [0.25, 0.3) is 0 Å². The topological polar surface area (TPSA) is 96.0 Å². The first-order valence-electron chi connectivity index (χ1n) is 10.2. The highest BCUT2D eigenvalue weighted by Crippen LogP contribution is 2.31. The summed E-state index contributed by atoms with van der Waals surface area (Å²) in [6, 6.07) is 13.5. The summed E-state index contributed by atoms with van der Waals surface area (Å²) >= 11 is 0. The van der Waals surface area contributed by atoms with Gasteiger partial charge in [-0.3, -0.25) is 9.59 Å². The predicted molar refractivity (Wildman–Crippen MR) is 119 cm³/mol. The molecule has 0 radical (unpaired) electrons. The summed E-state index contributed by atoms with van der Waals surface area (Å²) in [7, 11) is -2.25. The molecule has 0 aromatic heterocycles. The maximum atomic E-state index is 12.9. The number of nitrogens with zero attached hydrogens (tertiary/aromatic N) is 2. The molecular weight excluding hydrogens is 418 g/mol. The fourth-order valence-electron chi connectivity index (χ4n) is 3.63. The summed E-state index contributed by atoms with van der Waals surface area (Å²) in [6.45, 7) is 4.47. The Balaban J connectivity index is 1.82. The first kappa shape index (κ1) is 22.8. The summed E-state index contributed by atoms with van der Waals surface area (Å²) < 4.78 is 32.3. The van der Waals surface area contributed by atoms with Crippen molar-refractivity contribution in [2.45, 2.75) is 25.2 Å². The third-order valence-corrected chi connectivity index (χ3v) is 7.38. The molecule has 1 aliphatic rings. The monoisotopic (exact) mass is 445 g/mol. The van der Waals surface area contributed by atoms with Gasteiger partial charge in [-0.15, -0.1) is 0 Å². The second kappa shape index (κ2) is 9.49. The molecule has 1 N–H and O–H groups in total. The van der Waals surface area contributed by atoms with Crippen molar-refractivity contribution in [3.63, 3.8) is 0 Å². The van der Waals surface area contributed by atoms with E-state index in [-0.39, 0.29) is 35.4 Å². The Morgan fingerprint density at radius 1 is 1.16 bits per heavy atom. The van der Waals surface area contributed by atoms with Crippen LogP contribution in [0.1, 0.15) is 20.3 Å². The fraction of sp³-hybridized carbons (Fsp3) is 0.364. The van der Waals surface area contributed by atoms with Crippen molar-refractivity contribution in [3.8, 4) is 5.75 Å². The zero-order valence-corrected chi connectivity index (χ0v) is 18.7. The molecule has 9 heteroatoms. The van der Waals surface area contributed by atoms with Gasteiger partial charge in [-0.1, -0.05) is 32.0 Å². The number of hydrogen-bond donors (Lipinski definition) is 1. The van der Waals surface area contributed by atoms with Gasteiger partial charge in [-0.25, -0.2) is 8.42 Å². The minimum atomic E-state index is -3.69. The van der Waals surface area contributed by atoms with Crippen molar-refractivity contribution >= 4 is 33.2 Å². The number of amides is 2. The molecule has 1 aliphatic heterocycles. The number of benzene rings is 2. The van der Waals surface area contributed by atoms with Crippen LogP contribution in [0.5, 0.6) is 5.75 Å². The predicted octanol–water partition coefficient (Wildman–Crippen LogP) is 2.72. The highest BCUT2D eigenvalue weighted by atomic mass is 32.2. The molecule has 8 nitrogen and oxygen atoms in total. The van der Waals surface area contributed by atoms with E-state index in [1.54, 1.807) is 18.7 Å². The van der Waals surface area contributed by atoms with E-state index in [1.165, 1.54) is 29.6 Å². The van der Waals surface area contributed by atoms with Crippen molar-refractivity contribution < 1.29 is 22.7 Å². The molecule has 31 heavy (non-hydrogen) atoms. The summed E-state index contributed by atoms with van der Waals surface area (Å²) in [5, 5.41) is 2.76. The number of para-hydroxylation sites is 1. The SMILES string of the molecule is CCN(CC)S(=O)(=O)c1ccc(OC)c(NC(=O)[C@@H]2CC(=O)N(c3ccccc3)C2)c1. The number of rotatable bonds is 8. The van der Waals surface area contributed by atoms with Crippen molar-refractivity contribution in [3.05, 3.63) is 48.5 Å². The third kappa shape index (κ3) is 4.72. The van der Waals surface area contributed by atoms with Crippen LogP contribution in [0.3, 0.4) is 0 Å². The molecule has 2 aromatic carbocycles. The number of carbonyl (C=O) groups is 2. The van der Waals surface area contributed by atoms with Gasteiger partial charge >= 0.3 is 0 Å². The van der Waals surface area contributed by atoms with E-state index >= 15 is 0 Å². The second-order valence-electron chi connectivity index (χ2n) is 7.18. The van der Waals surface area contributed by atoms with Gasteiger partial charge in [0.15, 0.2) is 0 Å². The van der Waals surface area contributed by atoms with Gasteiger partial charge in [0.25, 0.3) is 0 Å². The molecule has 3 rings (SSSR count). The molecule has 1 saturated heterocycles. The van der Waals surface area contributed by atoms with Crippen molar-refractivity contribution in [1.82, 2.24) is 4.31 Å². The van der Waals surface area contributed by atoms with Gasteiger partial charge in [0.2, 0.25) is 21.8 Å². The maximum absolute atomic E-state index is 12.9. The van der Waals surface area contributed by atoms with Crippen molar-refractivity contribution in [2.24, 2.45) is 5.92 Å². The zero-order valence-electron chi connectivity index (χ0n) is 17.9. The molecule has 1 atom stereocenters. The van der Waals surface area contributed by atoms with E-state index < -0.39 is 15.9 Å². The lowest BCUT2D eigenvalue weighted by Gasteiger charge is -2.20. The molecule has 166 valence electrons. The first-order valence-corrected chi connectivity index (χ1v) is 11.6. The van der Waals surface area contributed by atoms with Crippen LogP contribution in [0.15, 0.2) is 53.4 Å². The van der Waals surface area contributed by atoms with E-state index in [1.807, 2.05) is 30.3 Å². The second-order valence-corrected chi connectivity index (χ2v) is 9.12. The quantitative estimate of drug-likeness (QED) is 0.674. The smallest absolute Gasteiger partial charge is 0.243 e. The van der Waals surface area contributed by atoms with E-state index in [0.717, 1.165) is 5.69 Å². The van der Waals surface area contributed by atoms with Crippen LogP contribution >= 0.6 is 0 Å². The summed E-state index contributed by atoms with van der Waals surface area (Å²) in [5.74, 6) is -0.699. The van der Waals surface area contributed by atoms with E-state index in [2.05, 4.69) is 5.32 Å². The molecule has 2 aromatic rings. The highest BCUT2D eigenvalue weighted by molar-refractivity contribution is 7.89. The number of methoxy groups -OCH3 is 1. The standard InChI is InChI=1S/C22H27N3O5S/c1-4-24(5-2)31(28,29)18-11-12-20(30-3)19(14-18)23-22(27)16-13-21(26)25(15-16)17-9-7-6-8-10-17/h6-12,14,16H,4-5,13,15H2,1-3H3,(H,23,27)/t16-/m1/s1. The van der Waals surface area contributed by atoms with Gasteiger partial charge in [0, 0.05) is 31.7 Å². The molecular formula is C22H27N3O5S. The molecule has 1 heterocycles. The van der Waals surface area contributed by atoms with Crippen LogP contribution < -0.4 is 15.0 Å². The number of anilines is 2. The number of nitrogens with one attached hydrogen (secondary N) is 1. The van der Waals surface area contributed by atoms with Gasteiger partial charge in [0.05, 0.1) is 23.6 Å². The molecule has 0 unspecified atom stereocenters. The lowest BCUT2D eigenvalue weighted by molar-refractivity contribution is -0.122. The summed E-state index contributed by atoms with van der Waals surface area (Å²) in [5.41, 5.74) is 0.999. The Morgan fingerprint density at radius 3 is 2.45 bits per heavy atom. The van der Waals surface area contributed by atoms with E-state index in [4.69, 9.17) is 4.74 Å². The number of ether oxygens (including phenoxy) is 1. The van der Waals surface area contributed by atoms with E-state index in [9.17, 15) is 18.0 Å². The third-order valence-electron chi connectivity index (χ3n) is 5.34. The van der Waals surface area contributed by atoms with Gasteiger partial charge in [-0.2, -0.15) is 4.31 Å². The summed E-state index contributed by atoms with van der Waals surface area (Å²) in [4.78, 5) is 27.0. The Morgan fingerprint density at radius 2 is 1.84 bits per heavy atom. The molecule has 0 spiro atoms. The highest BCUT2D eigenvalue weighted by Gasteiger charge is 2.35. The van der Waals surface area contributed by atoms with Gasteiger partial charge in [-0.05, 0) is 30.3 Å². The van der Waals surface area contributed by atoms with Crippen LogP contribution in [-0.2, 0) is 19.6 Å². The maximum Gasteiger partial charge on any atom is 0.243 e. The average Bonchev–Trinajstić information content (AvgIpc) is 3.16. The molecule has 0 aliphatic carbocycles. The van der Waals surface area contributed by atoms with Crippen molar-refractivity contribution in [1.29, 1.82) is 0 Å². The zero-order chi connectivity index (χ0) is 22.6. The number of hydrogen-bond acceptors (Lipinski definition) is 5. The number of carbonyl (C=O) groups excluding carboxylic acids is 2. The first-order chi connectivity index (χ1) is 14.8. The fourth-order valence-corrected chi connectivity index (χ4v) is 5.12. The van der Waals surface area contributed by atoms with Crippen LogP contribution in [0, 0.1) is 5.92 Å². The average molecular weight is 446 g/mol. The van der Waals surface area contributed by atoms with Gasteiger partial charge < -0.3 is 15.0 Å². The molecule has 0 saturated carbocycles. The minimum Gasteiger partial charge on any atom is -0.495 e. The number of sulfonamides is 1. The van der Waals surface area contributed by atoms with Gasteiger partial charge in [0.1, 0.15) is 5.75 Å². The van der Waals surface area contributed by atoms with Crippen LogP contribution in [-0.4, -0.2) is 51.3 Å². The van der Waals surface area contributed by atoms with E-state index in [0.29, 0.717) is 18.8 Å². The van der Waals surface area contributed by atoms with Crippen molar-refractivity contribution in [2.75, 3.05) is 37.0 Å². The Bertz CT molecular complexity index is 1050. The lowest BCUT2D eigenvalue weighted by atomic mass is 10.1. The molecule has 2 amide bonds. The summed E-state index contributed by atoms with van der Waals surface area (Å²) in [6.07, 6.45) is 0.0838. The minimum absolute atomic E-state index is 0.0701. The Hall–Kier alpha value is -2.91. The molecule has 0 bridgehead atoms. The lowest BCUT2D eigenvalue weighted by Crippen LogP contribution is -2.31. The molecule has 1 fully saturated rings. The van der Waals surface area contributed by atoms with Crippen LogP contribution in [0.4, 0.5) is 11.4 Å². The van der Waals surface area contributed by atoms with Crippen LogP contribution in [0.2, 0.25) is 0 Å². The normalized spacial score (nSPS) is 16.6. The Kier molecular flexibility index (Phi) is 6.97.